The van der Waals surface area contributed by atoms with Crippen molar-refractivity contribution in [2.45, 2.75) is 40.4 Å². The Balaban J connectivity index is 1.38. The van der Waals surface area contributed by atoms with E-state index in [0.717, 1.165) is 28.8 Å². The number of sulfone groups is 1. The van der Waals surface area contributed by atoms with Gasteiger partial charge in [-0.1, -0.05) is 97.1 Å². The van der Waals surface area contributed by atoms with Gasteiger partial charge >= 0.3 is 12.1 Å². The number of aromatic nitrogens is 2. The molecule has 0 bridgehead atoms. The van der Waals surface area contributed by atoms with Crippen LogP contribution in [0.4, 0.5) is 34.8 Å². The van der Waals surface area contributed by atoms with Crippen molar-refractivity contribution < 1.29 is 40.3 Å². The van der Waals surface area contributed by atoms with Crippen molar-refractivity contribution in [3.63, 3.8) is 0 Å². The number of likely N-dealkylation sites (N-methyl/N-ethyl adjacent to an activating group) is 2. The summed E-state index contributed by atoms with van der Waals surface area (Å²) in [7, 11) is 1.16. The third-order valence-corrected chi connectivity index (χ3v) is 13.8. The third kappa shape index (κ3) is 9.29. The number of benzene rings is 6. The van der Waals surface area contributed by atoms with Gasteiger partial charge in [0, 0.05) is 50.5 Å². The second kappa shape index (κ2) is 19.1. The summed E-state index contributed by atoms with van der Waals surface area (Å²) >= 11 is 0. The third-order valence-electron chi connectivity index (χ3n) is 12.0. The highest BCUT2D eigenvalue weighted by Crippen LogP contribution is 2.44. The minimum atomic E-state index is -5.30. The molecule has 0 saturated carbocycles. The molecule has 1 aliphatic heterocycles. The van der Waals surface area contributed by atoms with Crippen LogP contribution in [-0.2, 0) is 24.9 Å². The fourth-order valence-electron chi connectivity index (χ4n) is 8.64. The first-order valence-electron chi connectivity index (χ1n) is 21.6. The Morgan fingerprint density at radius 1 is 0.731 bits per heavy atom. The molecule has 0 atom stereocenters. The molecule has 346 valence electrons. The van der Waals surface area contributed by atoms with Crippen molar-refractivity contribution in [1.29, 1.82) is 0 Å². The molecule has 7 aromatic rings. The van der Waals surface area contributed by atoms with Gasteiger partial charge in [-0.3, -0.25) is 9.59 Å². The molecule has 1 saturated heterocycles. The zero-order valence-electron chi connectivity index (χ0n) is 37.0. The minimum Gasteiger partial charge on any atom is -0.381 e. The van der Waals surface area contributed by atoms with Gasteiger partial charge in [0.1, 0.15) is 11.4 Å². The quantitative estimate of drug-likeness (QED) is 0.0849. The maximum absolute atomic E-state index is 15.1. The molecule has 11 nitrogen and oxygen atoms in total. The lowest BCUT2D eigenvalue weighted by atomic mass is 9.77. The highest BCUT2D eigenvalue weighted by atomic mass is 32.2. The fraction of sp³-hybridized carbons (Fsp3) is 0.235. The molecule has 1 aliphatic rings. The molecule has 1 fully saturated rings. The van der Waals surface area contributed by atoms with E-state index in [0.29, 0.717) is 29.2 Å². The molecular formula is C51H48F4N6O5S. The van der Waals surface area contributed by atoms with Crippen LogP contribution in [0.3, 0.4) is 0 Å². The SMILES string of the molecule is CN(C)CCN(C)c1ccc(C(=O)Nc2nn(C(c3ccccc3)(c3ccccc3)c3ccccc3)c3ccc(S(=O)(=O)c4cccc(F)c4)cc23)c(N(C(=O)C(F)(F)F)C2CCOCC2)c1. The van der Waals surface area contributed by atoms with E-state index in [-0.39, 0.29) is 58.3 Å². The zero-order chi connectivity index (χ0) is 47.5. The van der Waals surface area contributed by atoms with E-state index in [4.69, 9.17) is 9.84 Å². The first kappa shape index (κ1) is 46.6. The normalized spacial score (nSPS) is 13.7. The smallest absolute Gasteiger partial charge is 0.381 e. The highest BCUT2D eigenvalue weighted by Gasteiger charge is 2.47. The molecule has 0 aliphatic carbocycles. The first-order chi connectivity index (χ1) is 32.1. The summed E-state index contributed by atoms with van der Waals surface area (Å²) in [5.74, 6) is -3.95. The van der Waals surface area contributed by atoms with Gasteiger partial charge in [0.15, 0.2) is 5.82 Å². The molecule has 8 rings (SSSR count). The number of anilines is 3. The van der Waals surface area contributed by atoms with Crippen LogP contribution in [-0.4, -0.2) is 94.6 Å². The van der Waals surface area contributed by atoms with E-state index in [1.807, 2.05) is 115 Å². The molecular weight excluding hydrogens is 885 g/mol. The van der Waals surface area contributed by atoms with Gasteiger partial charge in [-0.15, -0.1) is 0 Å². The second-order valence-electron chi connectivity index (χ2n) is 16.6. The molecule has 67 heavy (non-hydrogen) atoms. The zero-order valence-corrected chi connectivity index (χ0v) is 37.8. The van der Waals surface area contributed by atoms with E-state index < -0.39 is 45.2 Å². The Bertz CT molecular complexity index is 2900. The molecule has 0 radical (unpaired) electrons. The molecule has 2 heterocycles. The molecule has 1 N–H and O–H groups in total. The molecule has 0 spiro atoms. The van der Waals surface area contributed by atoms with Crippen molar-refractivity contribution in [1.82, 2.24) is 14.7 Å². The molecule has 0 unspecified atom stereocenters. The fourth-order valence-corrected chi connectivity index (χ4v) is 9.96. The Morgan fingerprint density at radius 2 is 1.31 bits per heavy atom. The van der Waals surface area contributed by atoms with Crippen molar-refractivity contribution >= 4 is 49.7 Å². The van der Waals surface area contributed by atoms with Crippen LogP contribution in [0.1, 0.15) is 39.9 Å². The van der Waals surface area contributed by atoms with Crippen molar-refractivity contribution in [2.75, 3.05) is 62.6 Å². The molecule has 6 aromatic carbocycles. The number of carbonyl (C=O) groups is 2. The number of halogens is 4. The molecule has 16 heteroatoms. The summed E-state index contributed by atoms with van der Waals surface area (Å²) in [5.41, 5.74) is 1.25. The summed E-state index contributed by atoms with van der Waals surface area (Å²) in [6, 6.07) is 40.8. The Morgan fingerprint density at radius 3 is 1.87 bits per heavy atom. The van der Waals surface area contributed by atoms with Crippen LogP contribution < -0.4 is 15.1 Å². The van der Waals surface area contributed by atoms with Crippen molar-refractivity contribution in [3.05, 3.63) is 180 Å². The number of hydrogen-bond donors (Lipinski definition) is 1. The number of hydrogen-bond acceptors (Lipinski definition) is 8. The number of alkyl halides is 3. The lowest BCUT2D eigenvalue weighted by Crippen LogP contribution is -2.50. The minimum absolute atomic E-state index is 0.0850. The maximum Gasteiger partial charge on any atom is 0.471 e. The summed E-state index contributed by atoms with van der Waals surface area (Å²) in [6.07, 6.45) is -5.13. The van der Waals surface area contributed by atoms with E-state index in [1.54, 1.807) is 23.9 Å². The van der Waals surface area contributed by atoms with Crippen LogP contribution in [0.15, 0.2) is 161 Å². The van der Waals surface area contributed by atoms with Crippen LogP contribution in [0.25, 0.3) is 10.9 Å². The van der Waals surface area contributed by atoms with E-state index in [2.05, 4.69) is 5.32 Å². The average Bonchev–Trinajstić information content (AvgIpc) is 3.69. The summed E-state index contributed by atoms with van der Waals surface area (Å²) in [5, 5.41) is 8.13. The number of nitrogens with zero attached hydrogens (tertiary/aromatic N) is 5. The van der Waals surface area contributed by atoms with Gasteiger partial charge in [-0.05, 0) is 98.2 Å². The van der Waals surface area contributed by atoms with E-state index in [1.165, 1.54) is 36.4 Å². The van der Waals surface area contributed by atoms with E-state index in [9.17, 15) is 30.8 Å². The number of rotatable bonds is 14. The topological polar surface area (TPSA) is 117 Å². The largest absolute Gasteiger partial charge is 0.471 e. The highest BCUT2D eigenvalue weighted by molar-refractivity contribution is 7.91. The van der Waals surface area contributed by atoms with Crippen LogP contribution >= 0.6 is 0 Å². The van der Waals surface area contributed by atoms with Gasteiger partial charge in [0.05, 0.1) is 26.6 Å². The van der Waals surface area contributed by atoms with Gasteiger partial charge < -0.3 is 24.8 Å². The summed E-state index contributed by atoms with van der Waals surface area (Å²) in [4.78, 5) is 32.5. The number of ether oxygens (including phenoxy) is 1. The molecule has 2 amide bonds. The van der Waals surface area contributed by atoms with Gasteiger partial charge in [0.25, 0.3) is 5.91 Å². The Hall–Kier alpha value is -6.88. The summed E-state index contributed by atoms with van der Waals surface area (Å²) < 4.78 is 94.1. The number of carbonyl (C=O) groups excluding carboxylic acids is 2. The van der Waals surface area contributed by atoms with Crippen LogP contribution in [0, 0.1) is 5.82 Å². The maximum atomic E-state index is 15.1. The van der Waals surface area contributed by atoms with Crippen molar-refractivity contribution in [3.8, 4) is 0 Å². The predicted octanol–water partition coefficient (Wildman–Crippen LogP) is 9.17. The number of amides is 2. The van der Waals surface area contributed by atoms with Gasteiger partial charge in [-0.2, -0.15) is 18.3 Å². The Labute approximate surface area is 386 Å². The standard InChI is InChI=1S/C51H48F4N6O5S/c1-58(2)28-29-59(3)40-22-24-43(46(33-40)60(49(63)51(53,54)55)39-26-30-66-31-27-39)48(62)56-47-44-34-42(67(64,65)41-21-13-20-38(52)32-41)23-25-45(44)61(57-47)50(35-14-7-4-8-15-35,36-16-9-5-10-17-36)37-18-11-6-12-19-37/h4-25,32-34,39H,26-31H2,1-3H3,(H,56,57,62). The molecule has 1 aromatic heterocycles. The first-order valence-corrected chi connectivity index (χ1v) is 23.1. The van der Waals surface area contributed by atoms with E-state index >= 15 is 4.79 Å². The van der Waals surface area contributed by atoms with Crippen molar-refractivity contribution in [2.24, 2.45) is 0 Å². The van der Waals surface area contributed by atoms with Gasteiger partial charge in [-0.25, -0.2) is 17.5 Å². The van der Waals surface area contributed by atoms with Crippen LogP contribution in [0.5, 0.6) is 0 Å². The lowest BCUT2D eigenvalue weighted by Gasteiger charge is -2.37. The number of nitrogens with one attached hydrogen (secondary N) is 1. The Kier molecular flexibility index (Phi) is 13.3. The average molecular weight is 933 g/mol. The number of fused-ring (bicyclic) bond motifs is 1. The second-order valence-corrected chi connectivity index (χ2v) is 18.6. The lowest BCUT2D eigenvalue weighted by molar-refractivity contribution is -0.171. The van der Waals surface area contributed by atoms with Gasteiger partial charge in [0.2, 0.25) is 9.84 Å². The monoisotopic (exact) mass is 932 g/mol. The van der Waals surface area contributed by atoms with Crippen LogP contribution in [0.2, 0.25) is 0 Å². The summed E-state index contributed by atoms with van der Waals surface area (Å²) in [6.45, 7) is 1.28. The predicted molar refractivity (Wildman–Crippen MR) is 250 cm³/mol.